The summed E-state index contributed by atoms with van der Waals surface area (Å²) in [5, 5.41) is 3.84. The van der Waals surface area contributed by atoms with Gasteiger partial charge < -0.3 is 5.32 Å². The van der Waals surface area contributed by atoms with Crippen molar-refractivity contribution in [1.82, 2.24) is 0 Å². The summed E-state index contributed by atoms with van der Waals surface area (Å²) in [4.78, 5) is 12.0. The Kier molecular flexibility index (Phi) is 4.46. The fourth-order valence-electron chi connectivity index (χ4n) is 1.79. The van der Waals surface area contributed by atoms with Crippen LogP contribution in [-0.4, -0.2) is 5.91 Å². The van der Waals surface area contributed by atoms with E-state index in [4.69, 9.17) is 23.2 Å². The first-order valence-electron chi connectivity index (χ1n) is 5.85. The zero-order chi connectivity index (χ0) is 13.8. The number of hydrogen-bond acceptors (Lipinski definition) is 1. The van der Waals surface area contributed by atoms with E-state index in [2.05, 4.69) is 5.32 Å². The highest BCUT2D eigenvalue weighted by atomic mass is 35.5. The minimum absolute atomic E-state index is 0.138. The molecule has 19 heavy (non-hydrogen) atoms. The number of carbonyl (C=O) groups is 1. The number of amides is 1. The molecule has 0 heterocycles. The first-order chi connectivity index (χ1) is 9.06. The van der Waals surface area contributed by atoms with Gasteiger partial charge in [0.1, 0.15) is 0 Å². The third kappa shape index (κ3) is 3.72. The van der Waals surface area contributed by atoms with Gasteiger partial charge in [-0.15, -0.1) is 0 Å². The van der Waals surface area contributed by atoms with Crippen LogP contribution in [-0.2, 0) is 11.2 Å². The molecule has 2 aromatic carbocycles. The van der Waals surface area contributed by atoms with E-state index < -0.39 is 0 Å². The molecule has 1 N–H and O–H groups in total. The molecule has 4 heteroatoms. The number of halogens is 2. The molecule has 0 saturated heterocycles. The fraction of sp³-hybridized carbons (Fsp3) is 0.133. The zero-order valence-corrected chi connectivity index (χ0v) is 11.9. The Bertz CT molecular complexity index is 591. The van der Waals surface area contributed by atoms with Crippen LogP contribution in [0.1, 0.15) is 11.1 Å². The molecule has 0 aliphatic carbocycles. The maximum absolute atomic E-state index is 12.0. The van der Waals surface area contributed by atoms with Crippen LogP contribution in [0.4, 0.5) is 5.69 Å². The molecule has 2 rings (SSSR count). The number of anilines is 1. The van der Waals surface area contributed by atoms with Crippen molar-refractivity contribution in [2.45, 2.75) is 13.3 Å². The number of carbonyl (C=O) groups excluding carboxylic acids is 1. The zero-order valence-electron chi connectivity index (χ0n) is 10.4. The summed E-state index contributed by atoms with van der Waals surface area (Å²) >= 11 is 12.1. The van der Waals surface area contributed by atoms with Gasteiger partial charge in [-0.05, 0) is 42.3 Å². The van der Waals surface area contributed by atoms with Crippen LogP contribution in [0.5, 0.6) is 0 Å². The molecule has 0 aliphatic rings. The van der Waals surface area contributed by atoms with Gasteiger partial charge in [0.25, 0.3) is 0 Å². The summed E-state index contributed by atoms with van der Waals surface area (Å²) in [7, 11) is 0. The van der Waals surface area contributed by atoms with E-state index >= 15 is 0 Å². The van der Waals surface area contributed by atoms with Gasteiger partial charge in [0.2, 0.25) is 5.91 Å². The molecule has 2 aromatic rings. The second-order valence-electron chi connectivity index (χ2n) is 4.29. The normalized spacial score (nSPS) is 10.3. The number of nitrogens with one attached hydrogen (secondary N) is 1. The van der Waals surface area contributed by atoms with Crippen molar-refractivity contribution in [3.63, 3.8) is 0 Å². The van der Waals surface area contributed by atoms with Crippen LogP contribution in [0.15, 0.2) is 42.5 Å². The van der Waals surface area contributed by atoms with Crippen molar-refractivity contribution < 1.29 is 4.79 Å². The predicted octanol–water partition coefficient (Wildman–Crippen LogP) is 4.48. The lowest BCUT2D eigenvalue weighted by atomic mass is 10.1. The Morgan fingerprint density at radius 2 is 1.74 bits per heavy atom. The Morgan fingerprint density at radius 1 is 1.11 bits per heavy atom. The molecule has 1 amide bonds. The lowest BCUT2D eigenvalue weighted by Crippen LogP contribution is -2.15. The average molecular weight is 294 g/mol. The molecule has 0 saturated carbocycles. The summed E-state index contributed by atoms with van der Waals surface area (Å²) in [5.74, 6) is -0.138. The average Bonchev–Trinajstić information content (AvgIpc) is 2.34. The summed E-state index contributed by atoms with van der Waals surface area (Å²) in [6.07, 6.45) is 0.159. The Hall–Kier alpha value is -1.51. The fourth-order valence-corrected chi connectivity index (χ4v) is 2.32. The van der Waals surface area contributed by atoms with Crippen LogP contribution in [0.25, 0.3) is 0 Å². The van der Waals surface area contributed by atoms with Gasteiger partial charge in [-0.25, -0.2) is 0 Å². The van der Waals surface area contributed by atoms with Crippen LogP contribution < -0.4 is 5.32 Å². The smallest absolute Gasteiger partial charge is 0.228 e. The van der Waals surface area contributed by atoms with Crippen LogP contribution >= 0.6 is 23.2 Å². The van der Waals surface area contributed by atoms with Gasteiger partial charge in [0.15, 0.2) is 0 Å². The monoisotopic (exact) mass is 293 g/mol. The van der Waals surface area contributed by atoms with E-state index in [0.29, 0.717) is 15.6 Å². The van der Waals surface area contributed by atoms with Crippen LogP contribution in [0.2, 0.25) is 10.0 Å². The molecule has 0 spiro atoms. The highest BCUT2D eigenvalue weighted by Crippen LogP contribution is 2.25. The first-order valence-corrected chi connectivity index (χ1v) is 6.61. The molecular weight excluding hydrogens is 281 g/mol. The van der Waals surface area contributed by atoms with Crippen molar-refractivity contribution in [2.24, 2.45) is 0 Å². The Labute approximate surface area is 122 Å². The van der Waals surface area contributed by atoms with Gasteiger partial charge in [-0.1, -0.05) is 41.4 Å². The van der Waals surface area contributed by atoms with Gasteiger partial charge in [0, 0.05) is 15.7 Å². The Morgan fingerprint density at radius 3 is 2.37 bits per heavy atom. The molecular formula is C15H13Cl2NO. The SMILES string of the molecule is Cc1cccc(NC(=O)Cc2c(Cl)cccc2Cl)c1. The number of benzene rings is 2. The van der Waals surface area contributed by atoms with Gasteiger partial charge in [0.05, 0.1) is 6.42 Å². The van der Waals surface area contributed by atoms with Crippen LogP contribution in [0.3, 0.4) is 0 Å². The predicted molar refractivity (Wildman–Crippen MR) is 80.0 cm³/mol. The largest absolute Gasteiger partial charge is 0.326 e. The second-order valence-corrected chi connectivity index (χ2v) is 5.11. The summed E-state index contributed by atoms with van der Waals surface area (Å²) in [5.41, 5.74) is 2.51. The first kappa shape index (κ1) is 13.9. The minimum atomic E-state index is -0.138. The van der Waals surface area contributed by atoms with E-state index in [0.717, 1.165) is 11.3 Å². The molecule has 0 fully saturated rings. The van der Waals surface area contributed by atoms with Crippen molar-refractivity contribution in [1.29, 1.82) is 0 Å². The summed E-state index contributed by atoms with van der Waals surface area (Å²) in [6, 6.07) is 12.8. The maximum Gasteiger partial charge on any atom is 0.228 e. The Balaban J connectivity index is 2.10. The minimum Gasteiger partial charge on any atom is -0.326 e. The van der Waals surface area contributed by atoms with Gasteiger partial charge in [-0.2, -0.15) is 0 Å². The third-order valence-electron chi connectivity index (χ3n) is 2.70. The topological polar surface area (TPSA) is 29.1 Å². The van der Waals surface area contributed by atoms with Crippen molar-refractivity contribution >= 4 is 34.8 Å². The molecule has 2 nitrogen and oxygen atoms in total. The van der Waals surface area contributed by atoms with Crippen molar-refractivity contribution in [3.8, 4) is 0 Å². The molecule has 0 radical (unpaired) electrons. The molecule has 0 aliphatic heterocycles. The number of hydrogen-bond donors (Lipinski definition) is 1. The van der Waals surface area contributed by atoms with Crippen molar-refractivity contribution in [2.75, 3.05) is 5.32 Å². The van der Waals surface area contributed by atoms with Gasteiger partial charge in [-0.3, -0.25) is 4.79 Å². The highest BCUT2D eigenvalue weighted by molar-refractivity contribution is 6.36. The van der Waals surface area contributed by atoms with E-state index in [1.807, 2.05) is 31.2 Å². The number of rotatable bonds is 3. The molecule has 0 aromatic heterocycles. The number of aryl methyl sites for hydroxylation is 1. The van der Waals surface area contributed by atoms with E-state index in [9.17, 15) is 4.79 Å². The summed E-state index contributed by atoms with van der Waals surface area (Å²) < 4.78 is 0. The molecule has 0 bridgehead atoms. The van der Waals surface area contributed by atoms with E-state index in [-0.39, 0.29) is 12.3 Å². The highest BCUT2D eigenvalue weighted by Gasteiger charge is 2.10. The summed E-state index contributed by atoms with van der Waals surface area (Å²) in [6.45, 7) is 1.97. The lowest BCUT2D eigenvalue weighted by molar-refractivity contribution is -0.115. The molecule has 98 valence electrons. The third-order valence-corrected chi connectivity index (χ3v) is 3.41. The van der Waals surface area contributed by atoms with E-state index in [1.54, 1.807) is 18.2 Å². The van der Waals surface area contributed by atoms with Gasteiger partial charge >= 0.3 is 0 Å². The standard InChI is InChI=1S/C15H13Cl2NO/c1-10-4-2-5-11(8-10)18-15(19)9-12-13(16)6-3-7-14(12)17/h2-8H,9H2,1H3,(H,18,19). The van der Waals surface area contributed by atoms with E-state index in [1.165, 1.54) is 0 Å². The maximum atomic E-state index is 12.0. The second kappa shape index (κ2) is 6.09. The van der Waals surface area contributed by atoms with Crippen molar-refractivity contribution in [3.05, 3.63) is 63.6 Å². The molecule has 0 unspecified atom stereocenters. The lowest BCUT2D eigenvalue weighted by Gasteiger charge is -2.08. The van der Waals surface area contributed by atoms with Crippen LogP contribution in [0, 0.1) is 6.92 Å². The quantitative estimate of drug-likeness (QED) is 0.888. The molecule has 0 atom stereocenters.